The van der Waals surface area contributed by atoms with Crippen LogP contribution in [0.25, 0.3) is 10.9 Å². The second-order valence-corrected chi connectivity index (χ2v) is 6.19. The number of carbonyl (C=O) groups is 1. The number of H-pyrrole nitrogens is 1. The number of fused-ring (bicyclic) bond motifs is 1. The second-order valence-electron chi connectivity index (χ2n) is 5.80. The van der Waals surface area contributed by atoms with Crippen molar-refractivity contribution in [2.75, 3.05) is 20.3 Å². The molecule has 2 heterocycles. The summed E-state index contributed by atoms with van der Waals surface area (Å²) in [5.41, 5.74) is 3.07. The summed E-state index contributed by atoms with van der Waals surface area (Å²) < 4.78 is 4.98. The molecular formula is C19H20ClN3O2. The fourth-order valence-electron chi connectivity index (χ4n) is 2.93. The molecule has 1 aromatic carbocycles. The number of hydrogen-bond donors (Lipinski definition) is 2. The first-order chi connectivity index (χ1) is 12.2. The number of benzene rings is 1. The molecule has 130 valence electrons. The number of pyridine rings is 1. The molecular weight excluding hydrogens is 338 g/mol. The Balaban J connectivity index is 1.91. The molecule has 5 nitrogen and oxygen atoms in total. The van der Waals surface area contributed by atoms with Crippen molar-refractivity contribution in [3.05, 3.63) is 65.1 Å². The maximum atomic E-state index is 12.4. The van der Waals surface area contributed by atoms with Gasteiger partial charge in [0.1, 0.15) is 5.15 Å². The van der Waals surface area contributed by atoms with E-state index in [0.717, 1.165) is 22.0 Å². The fraction of sp³-hybridized carbons (Fsp3) is 0.263. The van der Waals surface area contributed by atoms with Crippen LogP contribution in [0.1, 0.15) is 23.5 Å². The number of amides is 1. The second kappa shape index (κ2) is 8.14. The SMILES string of the molecule is COCCNC(=O)CC(c1ccc(Cl)nc1)c1c[nH]c2ccccc12. The normalized spacial score (nSPS) is 12.2. The van der Waals surface area contributed by atoms with Gasteiger partial charge in [-0.1, -0.05) is 35.9 Å². The highest BCUT2D eigenvalue weighted by atomic mass is 35.5. The van der Waals surface area contributed by atoms with Crippen molar-refractivity contribution in [2.45, 2.75) is 12.3 Å². The summed E-state index contributed by atoms with van der Waals surface area (Å²) in [7, 11) is 1.61. The van der Waals surface area contributed by atoms with Crippen molar-refractivity contribution in [1.29, 1.82) is 0 Å². The number of aromatic nitrogens is 2. The predicted molar refractivity (Wildman–Crippen MR) is 98.9 cm³/mol. The highest BCUT2D eigenvalue weighted by Gasteiger charge is 2.21. The van der Waals surface area contributed by atoms with Gasteiger partial charge in [-0.05, 0) is 23.3 Å². The molecule has 0 radical (unpaired) electrons. The van der Waals surface area contributed by atoms with Crippen LogP contribution in [0.5, 0.6) is 0 Å². The lowest BCUT2D eigenvalue weighted by Crippen LogP contribution is -2.28. The minimum atomic E-state index is -0.108. The number of para-hydroxylation sites is 1. The summed E-state index contributed by atoms with van der Waals surface area (Å²) in [5, 5.41) is 4.42. The number of halogens is 1. The molecule has 3 aromatic rings. The summed E-state index contributed by atoms with van der Waals surface area (Å²) >= 11 is 5.92. The van der Waals surface area contributed by atoms with Crippen LogP contribution in [-0.2, 0) is 9.53 Å². The third-order valence-electron chi connectivity index (χ3n) is 4.17. The molecule has 0 aliphatic rings. The van der Waals surface area contributed by atoms with Gasteiger partial charge in [-0.25, -0.2) is 4.98 Å². The standard InChI is InChI=1S/C19H20ClN3O2/c1-25-9-8-21-19(24)10-15(13-6-7-18(20)23-11-13)16-12-22-17-5-3-2-4-14(16)17/h2-7,11-12,15,22H,8-10H2,1H3,(H,21,24). The van der Waals surface area contributed by atoms with E-state index in [1.54, 1.807) is 19.4 Å². The molecule has 0 saturated heterocycles. The molecule has 0 spiro atoms. The molecule has 1 amide bonds. The van der Waals surface area contributed by atoms with Crippen LogP contribution in [-0.4, -0.2) is 36.1 Å². The summed E-state index contributed by atoms with van der Waals surface area (Å²) in [4.78, 5) is 19.8. The van der Waals surface area contributed by atoms with Crippen LogP contribution in [0.4, 0.5) is 0 Å². The van der Waals surface area contributed by atoms with E-state index in [1.165, 1.54) is 0 Å². The zero-order chi connectivity index (χ0) is 17.6. The molecule has 25 heavy (non-hydrogen) atoms. The van der Waals surface area contributed by atoms with Crippen LogP contribution < -0.4 is 5.32 Å². The average Bonchev–Trinajstić information content (AvgIpc) is 3.05. The number of ether oxygens (including phenoxy) is 1. The molecule has 1 atom stereocenters. The Morgan fingerprint density at radius 2 is 2.16 bits per heavy atom. The van der Waals surface area contributed by atoms with E-state index in [-0.39, 0.29) is 11.8 Å². The minimum absolute atomic E-state index is 0.0257. The monoisotopic (exact) mass is 357 g/mol. The zero-order valence-corrected chi connectivity index (χ0v) is 14.7. The predicted octanol–water partition coefficient (Wildman–Crippen LogP) is 3.50. The van der Waals surface area contributed by atoms with Crippen LogP contribution in [0.2, 0.25) is 5.15 Å². The number of methoxy groups -OCH3 is 1. The van der Waals surface area contributed by atoms with E-state index in [4.69, 9.17) is 16.3 Å². The third kappa shape index (κ3) is 4.18. The summed E-state index contributed by atoms with van der Waals surface area (Å²) in [6, 6.07) is 11.7. The molecule has 3 rings (SSSR count). The lowest BCUT2D eigenvalue weighted by Gasteiger charge is -2.17. The van der Waals surface area contributed by atoms with E-state index in [1.807, 2.05) is 30.5 Å². The molecule has 0 fully saturated rings. The highest BCUT2D eigenvalue weighted by Crippen LogP contribution is 2.33. The van der Waals surface area contributed by atoms with Crippen LogP contribution in [0.15, 0.2) is 48.8 Å². The highest BCUT2D eigenvalue weighted by molar-refractivity contribution is 6.29. The Kier molecular flexibility index (Phi) is 5.68. The summed E-state index contributed by atoms with van der Waals surface area (Å²) in [6.45, 7) is 0.987. The smallest absolute Gasteiger partial charge is 0.221 e. The van der Waals surface area contributed by atoms with E-state index in [9.17, 15) is 4.79 Å². The maximum absolute atomic E-state index is 12.4. The van der Waals surface area contributed by atoms with Crippen molar-refractivity contribution in [3.63, 3.8) is 0 Å². The largest absolute Gasteiger partial charge is 0.383 e. The van der Waals surface area contributed by atoms with Crippen molar-refractivity contribution in [2.24, 2.45) is 0 Å². The van der Waals surface area contributed by atoms with Gasteiger partial charge < -0.3 is 15.0 Å². The molecule has 1 unspecified atom stereocenters. The number of nitrogens with one attached hydrogen (secondary N) is 2. The van der Waals surface area contributed by atoms with Gasteiger partial charge in [0.05, 0.1) is 6.61 Å². The summed E-state index contributed by atoms with van der Waals surface area (Å²) in [6.07, 6.45) is 4.03. The molecule has 0 aliphatic heterocycles. The van der Waals surface area contributed by atoms with E-state index in [2.05, 4.69) is 21.4 Å². The quantitative estimate of drug-likeness (QED) is 0.502. The number of nitrogens with zero attached hydrogens (tertiary/aromatic N) is 1. The number of rotatable bonds is 7. The van der Waals surface area contributed by atoms with E-state index in [0.29, 0.717) is 24.7 Å². The average molecular weight is 358 g/mol. The zero-order valence-electron chi connectivity index (χ0n) is 14.0. The summed E-state index contributed by atoms with van der Waals surface area (Å²) in [5.74, 6) is -0.134. The van der Waals surface area contributed by atoms with Gasteiger partial charge in [0.25, 0.3) is 0 Å². The van der Waals surface area contributed by atoms with E-state index >= 15 is 0 Å². The first-order valence-electron chi connectivity index (χ1n) is 8.12. The fourth-order valence-corrected chi connectivity index (χ4v) is 3.04. The third-order valence-corrected chi connectivity index (χ3v) is 4.39. The van der Waals surface area contributed by atoms with Crippen molar-refractivity contribution in [1.82, 2.24) is 15.3 Å². The molecule has 0 aliphatic carbocycles. The number of hydrogen-bond acceptors (Lipinski definition) is 3. The minimum Gasteiger partial charge on any atom is -0.383 e. The van der Waals surface area contributed by atoms with Gasteiger partial charge in [-0.15, -0.1) is 0 Å². The van der Waals surface area contributed by atoms with Gasteiger partial charge in [0.15, 0.2) is 0 Å². The van der Waals surface area contributed by atoms with Gasteiger partial charge in [-0.2, -0.15) is 0 Å². The van der Waals surface area contributed by atoms with Gasteiger partial charge in [-0.3, -0.25) is 4.79 Å². The first-order valence-corrected chi connectivity index (χ1v) is 8.50. The maximum Gasteiger partial charge on any atom is 0.221 e. The first kappa shape index (κ1) is 17.5. The Morgan fingerprint density at radius 1 is 1.32 bits per heavy atom. The van der Waals surface area contributed by atoms with Gasteiger partial charge in [0.2, 0.25) is 5.91 Å². The Morgan fingerprint density at radius 3 is 2.92 bits per heavy atom. The van der Waals surface area contributed by atoms with Crippen molar-refractivity contribution >= 4 is 28.4 Å². The Labute approximate surface area is 151 Å². The molecule has 0 bridgehead atoms. The lowest BCUT2D eigenvalue weighted by molar-refractivity contribution is -0.121. The lowest BCUT2D eigenvalue weighted by atomic mass is 9.89. The van der Waals surface area contributed by atoms with Crippen molar-refractivity contribution in [3.8, 4) is 0 Å². The molecule has 2 aromatic heterocycles. The number of carbonyl (C=O) groups excluding carboxylic acids is 1. The van der Waals surface area contributed by atoms with Crippen LogP contribution >= 0.6 is 11.6 Å². The Bertz CT molecular complexity index is 845. The van der Waals surface area contributed by atoms with Gasteiger partial charge in [0, 0.05) is 49.3 Å². The molecule has 2 N–H and O–H groups in total. The van der Waals surface area contributed by atoms with Crippen LogP contribution in [0.3, 0.4) is 0 Å². The molecule has 6 heteroatoms. The topological polar surface area (TPSA) is 67.0 Å². The van der Waals surface area contributed by atoms with Crippen molar-refractivity contribution < 1.29 is 9.53 Å². The van der Waals surface area contributed by atoms with Crippen LogP contribution in [0, 0.1) is 0 Å². The van der Waals surface area contributed by atoms with E-state index < -0.39 is 0 Å². The van der Waals surface area contributed by atoms with Gasteiger partial charge >= 0.3 is 0 Å². The Hall–Kier alpha value is -2.37. The molecule has 0 saturated carbocycles. The number of aromatic amines is 1.